The summed E-state index contributed by atoms with van der Waals surface area (Å²) >= 11 is 6.30. The molecule has 0 radical (unpaired) electrons. The quantitative estimate of drug-likeness (QED) is 0.668. The Balaban J connectivity index is 2.06. The molecule has 0 atom stereocenters. The van der Waals surface area contributed by atoms with Crippen molar-refractivity contribution in [3.05, 3.63) is 82.9 Å². The van der Waals surface area contributed by atoms with Gasteiger partial charge in [0.2, 0.25) is 0 Å². The number of hydrogen-bond donors (Lipinski definition) is 2. The van der Waals surface area contributed by atoms with E-state index in [9.17, 15) is 10.2 Å². The highest BCUT2D eigenvalue weighted by molar-refractivity contribution is 6.33. The second kappa shape index (κ2) is 6.12. The monoisotopic (exact) mass is 310 g/mol. The summed E-state index contributed by atoms with van der Waals surface area (Å²) in [4.78, 5) is 0. The molecule has 110 valence electrons. The van der Waals surface area contributed by atoms with Crippen LogP contribution in [0.15, 0.2) is 66.7 Å². The Morgan fingerprint density at radius 1 is 0.727 bits per heavy atom. The van der Waals surface area contributed by atoms with E-state index in [0.29, 0.717) is 17.0 Å². The van der Waals surface area contributed by atoms with Gasteiger partial charge in [0.15, 0.2) is 0 Å². The maximum atomic E-state index is 9.98. The van der Waals surface area contributed by atoms with Gasteiger partial charge in [-0.15, -0.1) is 0 Å². The molecule has 2 nitrogen and oxygen atoms in total. The first kappa shape index (κ1) is 14.5. The first-order valence-electron chi connectivity index (χ1n) is 6.99. The fourth-order valence-corrected chi connectivity index (χ4v) is 2.77. The molecule has 0 aliphatic heterocycles. The van der Waals surface area contributed by atoms with Gasteiger partial charge < -0.3 is 10.2 Å². The molecule has 0 bridgehead atoms. The molecule has 3 rings (SSSR count). The van der Waals surface area contributed by atoms with E-state index in [-0.39, 0.29) is 11.5 Å². The Morgan fingerprint density at radius 2 is 1.41 bits per heavy atom. The normalized spacial score (nSPS) is 10.6. The van der Waals surface area contributed by atoms with Crippen molar-refractivity contribution >= 4 is 11.6 Å². The molecular weight excluding hydrogens is 296 g/mol. The predicted molar refractivity (Wildman–Crippen MR) is 89.5 cm³/mol. The molecule has 22 heavy (non-hydrogen) atoms. The van der Waals surface area contributed by atoms with Gasteiger partial charge in [0, 0.05) is 22.6 Å². The zero-order chi connectivity index (χ0) is 15.5. The van der Waals surface area contributed by atoms with Gasteiger partial charge >= 0.3 is 0 Å². The summed E-state index contributed by atoms with van der Waals surface area (Å²) in [6.07, 6.45) is 0.516. The molecule has 0 aliphatic carbocycles. The molecule has 0 amide bonds. The van der Waals surface area contributed by atoms with E-state index >= 15 is 0 Å². The van der Waals surface area contributed by atoms with Crippen LogP contribution in [-0.4, -0.2) is 10.2 Å². The predicted octanol–water partition coefficient (Wildman–Crippen LogP) is 5.01. The SMILES string of the molecule is Oc1ccc(O)c(Cc2ccccc2-c2ccccc2Cl)c1. The fraction of sp³-hybridized carbons (Fsp3) is 0.0526. The molecule has 0 saturated heterocycles. The first-order chi connectivity index (χ1) is 10.6. The van der Waals surface area contributed by atoms with Crippen molar-refractivity contribution in [1.82, 2.24) is 0 Å². The van der Waals surface area contributed by atoms with Crippen molar-refractivity contribution in [2.45, 2.75) is 6.42 Å². The minimum Gasteiger partial charge on any atom is -0.508 e. The third-order valence-corrected chi connectivity index (χ3v) is 3.95. The topological polar surface area (TPSA) is 40.5 Å². The lowest BCUT2D eigenvalue weighted by Crippen LogP contribution is -1.93. The van der Waals surface area contributed by atoms with E-state index in [1.807, 2.05) is 48.5 Å². The van der Waals surface area contributed by atoms with Crippen LogP contribution < -0.4 is 0 Å². The minimum atomic E-state index is 0.142. The second-order valence-corrected chi connectivity index (χ2v) is 5.53. The van der Waals surface area contributed by atoms with Crippen LogP contribution in [0.3, 0.4) is 0 Å². The lowest BCUT2D eigenvalue weighted by atomic mass is 9.94. The van der Waals surface area contributed by atoms with Gasteiger partial charge in [0.25, 0.3) is 0 Å². The van der Waals surface area contributed by atoms with Gasteiger partial charge in [-0.25, -0.2) is 0 Å². The molecule has 3 heteroatoms. The lowest BCUT2D eigenvalue weighted by molar-refractivity contribution is 0.455. The summed E-state index contributed by atoms with van der Waals surface area (Å²) < 4.78 is 0. The summed E-state index contributed by atoms with van der Waals surface area (Å²) in [5, 5.41) is 20.3. The number of rotatable bonds is 3. The first-order valence-corrected chi connectivity index (χ1v) is 7.36. The van der Waals surface area contributed by atoms with Crippen molar-refractivity contribution in [3.8, 4) is 22.6 Å². The average Bonchev–Trinajstić information content (AvgIpc) is 2.52. The van der Waals surface area contributed by atoms with Gasteiger partial charge in [0.1, 0.15) is 11.5 Å². The highest BCUT2D eigenvalue weighted by atomic mass is 35.5. The smallest absolute Gasteiger partial charge is 0.119 e. The number of hydrogen-bond acceptors (Lipinski definition) is 2. The highest BCUT2D eigenvalue weighted by Gasteiger charge is 2.10. The van der Waals surface area contributed by atoms with Gasteiger partial charge in [-0.2, -0.15) is 0 Å². The van der Waals surface area contributed by atoms with Crippen molar-refractivity contribution in [2.75, 3.05) is 0 Å². The van der Waals surface area contributed by atoms with Crippen LogP contribution in [0.4, 0.5) is 0 Å². The van der Waals surface area contributed by atoms with Crippen molar-refractivity contribution < 1.29 is 10.2 Å². The Bertz CT molecular complexity index is 812. The zero-order valence-electron chi connectivity index (χ0n) is 11.8. The summed E-state index contributed by atoms with van der Waals surface area (Å²) in [5.41, 5.74) is 3.70. The van der Waals surface area contributed by atoms with Crippen LogP contribution in [0.5, 0.6) is 11.5 Å². The van der Waals surface area contributed by atoms with E-state index in [1.165, 1.54) is 12.1 Å². The second-order valence-electron chi connectivity index (χ2n) is 5.13. The van der Waals surface area contributed by atoms with E-state index in [2.05, 4.69) is 0 Å². The number of aromatic hydroxyl groups is 2. The highest BCUT2D eigenvalue weighted by Crippen LogP contribution is 2.33. The Labute approximate surface area is 134 Å². The maximum absolute atomic E-state index is 9.98. The molecule has 0 heterocycles. The van der Waals surface area contributed by atoms with Crippen molar-refractivity contribution in [1.29, 1.82) is 0 Å². The van der Waals surface area contributed by atoms with Crippen molar-refractivity contribution in [2.24, 2.45) is 0 Å². The Kier molecular flexibility index (Phi) is 4.03. The minimum absolute atomic E-state index is 0.142. The molecule has 3 aromatic carbocycles. The summed E-state index contributed by atoms with van der Waals surface area (Å²) in [6, 6.07) is 20.2. The zero-order valence-corrected chi connectivity index (χ0v) is 12.6. The Morgan fingerprint density at radius 3 is 2.18 bits per heavy atom. The van der Waals surface area contributed by atoms with Gasteiger partial charge in [0.05, 0.1) is 0 Å². The average molecular weight is 311 g/mol. The molecule has 0 saturated carbocycles. The number of phenols is 2. The van der Waals surface area contributed by atoms with Crippen LogP contribution in [0, 0.1) is 0 Å². The number of benzene rings is 3. The standard InChI is InChI=1S/C19H15ClO2/c20-18-8-4-3-7-17(18)16-6-2-1-5-13(16)11-14-12-15(21)9-10-19(14)22/h1-10,12,21-22H,11H2. The van der Waals surface area contributed by atoms with Crippen LogP contribution in [-0.2, 0) is 6.42 Å². The number of halogens is 1. The third kappa shape index (κ3) is 2.92. The fourth-order valence-electron chi connectivity index (χ4n) is 2.54. The van der Waals surface area contributed by atoms with Crippen LogP contribution >= 0.6 is 11.6 Å². The molecule has 0 spiro atoms. The molecule has 0 fully saturated rings. The van der Waals surface area contributed by atoms with Gasteiger partial charge in [-0.05, 0) is 35.4 Å². The Hall–Kier alpha value is -2.45. The maximum Gasteiger partial charge on any atom is 0.119 e. The van der Waals surface area contributed by atoms with Crippen molar-refractivity contribution in [3.63, 3.8) is 0 Å². The molecule has 0 unspecified atom stereocenters. The molecule has 0 aromatic heterocycles. The van der Waals surface area contributed by atoms with Gasteiger partial charge in [-0.1, -0.05) is 54.1 Å². The van der Waals surface area contributed by atoms with Crippen LogP contribution in [0.1, 0.15) is 11.1 Å². The van der Waals surface area contributed by atoms with E-state index < -0.39 is 0 Å². The number of phenolic OH excluding ortho intramolecular Hbond substituents is 2. The van der Waals surface area contributed by atoms with E-state index in [1.54, 1.807) is 6.07 Å². The molecule has 3 aromatic rings. The summed E-state index contributed by atoms with van der Waals surface area (Å²) in [6.45, 7) is 0. The summed E-state index contributed by atoms with van der Waals surface area (Å²) in [5.74, 6) is 0.315. The molecule has 0 aliphatic rings. The van der Waals surface area contributed by atoms with Gasteiger partial charge in [-0.3, -0.25) is 0 Å². The summed E-state index contributed by atoms with van der Waals surface area (Å²) in [7, 11) is 0. The lowest BCUT2D eigenvalue weighted by Gasteiger charge is -2.12. The van der Waals surface area contributed by atoms with E-state index in [0.717, 1.165) is 16.7 Å². The molecular formula is C19H15ClO2. The molecule has 2 N–H and O–H groups in total. The van der Waals surface area contributed by atoms with E-state index in [4.69, 9.17) is 11.6 Å². The van der Waals surface area contributed by atoms with Crippen LogP contribution in [0.2, 0.25) is 5.02 Å². The largest absolute Gasteiger partial charge is 0.508 e. The third-order valence-electron chi connectivity index (χ3n) is 3.63. The van der Waals surface area contributed by atoms with Crippen LogP contribution in [0.25, 0.3) is 11.1 Å².